The van der Waals surface area contributed by atoms with Crippen LogP contribution in [0.25, 0.3) is 0 Å². The second kappa shape index (κ2) is 5.95. The molecule has 1 aliphatic heterocycles. The number of piperidine rings is 1. The normalized spacial score (nSPS) is 23.8. The standard InChI is InChI=1S/C15H22N2O2/c1-11-5-4-6-12(2)17(11)16-10-13-9-14(19-3)7-8-15(13)18/h7-12,18H,4-6H2,1-3H3. The van der Waals surface area contributed by atoms with Crippen LogP contribution in [-0.2, 0) is 0 Å². The molecule has 19 heavy (non-hydrogen) atoms. The van der Waals surface area contributed by atoms with Gasteiger partial charge in [-0.25, -0.2) is 0 Å². The first-order valence-electron chi connectivity index (χ1n) is 6.81. The highest BCUT2D eigenvalue weighted by Gasteiger charge is 2.22. The van der Waals surface area contributed by atoms with Crippen LogP contribution in [0.2, 0.25) is 0 Å². The highest BCUT2D eigenvalue weighted by molar-refractivity contribution is 5.83. The van der Waals surface area contributed by atoms with Crippen molar-refractivity contribution in [2.75, 3.05) is 7.11 Å². The number of ether oxygens (including phenoxy) is 1. The number of methoxy groups -OCH3 is 1. The molecule has 1 heterocycles. The molecule has 0 spiro atoms. The minimum Gasteiger partial charge on any atom is -0.507 e. The van der Waals surface area contributed by atoms with Gasteiger partial charge < -0.3 is 9.84 Å². The molecule has 0 bridgehead atoms. The lowest BCUT2D eigenvalue weighted by Crippen LogP contribution is -2.39. The molecule has 1 N–H and O–H groups in total. The summed E-state index contributed by atoms with van der Waals surface area (Å²) in [4.78, 5) is 0. The second-order valence-electron chi connectivity index (χ2n) is 5.18. The van der Waals surface area contributed by atoms with E-state index >= 15 is 0 Å². The third kappa shape index (κ3) is 3.19. The molecule has 2 unspecified atom stereocenters. The first kappa shape index (κ1) is 13.7. The molecular weight excluding hydrogens is 240 g/mol. The van der Waals surface area contributed by atoms with Gasteiger partial charge in [0.05, 0.1) is 13.3 Å². The fraction of sp³-hybridized carbons (Fsp3) is 0.533. The van der Waals surface area contributed by atoms with Crippen molar-refractivity contribution in [1.29, 1.82) is 0 Å². The van der Waals surface area contributed by atoms with E-state index in [1.165, 1.54) is 19.3 Å². The van der Waals surface area contributed by atoms with Crippen LogP contribution in [-0.4, -0.2) is 35.5 Å². The van der Waals surface area contributed by atoms with Crippen LogP contribution in [0.5, 0.6) is 11.5 Å². The summed E-state index contributed by atoms with van der Waals surface area (Å²) in [6.45, 7) is 4.39. The molecule has 0 radical (unpaired) electrons. The number of benzene rings is 1. The van der Waals surface area contributed by atoms with Gasteiger partial charge in [0, 0.05) is 17.6 Å². The SMILES string of the molecule is COc1ccc(O)c(C=NN2C(C)CCCC2C)c1. The first-order chi connectivity index (χ1) is 9.11. The van der Waals surface area contributed by atoms with Gasteiger partial charge in [0.25, 0.3) is 0 Å². The number of rotatable bonds is 3. The monoisotopic (exact) mass is 262 g/mol. The fourth-order valence-corrected chi connectivity index (χ4v) is 2.53. The Morgan fingerprint density at radius 1 is 1.32 bits per heavy atom. The average Bonchev–Trinajstić information content (AvgIpc) is 2.40. The Hall–Kier alpha value is -1.71. The van der Waals surface area contributed by atoms with E-state index in [2.05, 4.69) is 24.0 Å². The maximum absolute atomic E-state index is 9.83. The van der Waals surface area contributed by atoms with Crippen LogP contribution in [0.4, 0.5) is 0 Å². The molecule has 1 aromatic carbocycles. The van der Waals surface area contributed by atoms with E-state index in [0.29, 0.717) is 17.6 Å². The topological polar surface area (TPSA) is 45.1 Å². The molecule has 0 aromatic heterocycles. The summed E-state index contributed by atoms with van der Waals surface area (Å²) in [5.41, 5.74) is 0.685. The number of phenols is 1. The molecule has 1 aromatic rings. The number of hydrogen-bond donors (Lipinski definition) is 1. The molecule has 0 saturated carbocycles. The van der Waals surface area contributed by atoms with Crippen molar-refractivity contribution >= 4 is 6.21 Å². The molecule has 4 heteroatoms. The molecular formula is C15H22N2O2. The van der Waals surface area contributed by atoms with E-state index in [9.17, 15) is 5.11 Å². The van der Waals surface area contributed by atoms with Gasteiger partial charge >= 0.3 is 0 Å². The summed E-state index contributed by atoms with van der Waals surface area (Å²) in [5, 5.41) is 16.5. The molecule has 1 fully saturated rings. The highest BCUT2D eigenvalue weighted by atomic mass is 16.5. The molecule has 2 atom stereocenters. The van der Waals surface area contributed by atoms with E-state index < -0.39 is 0 Å². The van der Waals surface area contributed by atoms with Crippen molar-refractivity contribution in [3.05, 3.63) is 23.8 Å². The van der Waals surface area contributed by atoms with Crippen LogP contribution in [0.3, 0.4) is 0 Å². The zero-order chi connectivity index (χ0) is 13.8. The van der Waals surface area contributed by atoms with E-state index in [4.69, 9.17) is 4.74 Å². The summed E-state index contributed by atoms with van der Waals surface area (Å²) in [5.74, 6) is 0.945. The molecule has 0 amide bonds. The zero-order valence-corrected chi connectivity index (χ0v) is 11.8. The molecule has 104 valence electrons. The van der Waals surface area contributed by atoms with Gasteiger partial charge in [-0.1, -0.05) is 0 Å². The summed E-state index contributed by atoms with van der Waals surface area (Å²) in [6, 6.07) is 6.06. The third-order valence-corrected chi connectivity index (χ3v) is 3.71. The van der Waals surface area contributed by atoms with Gasteiger partial charge in [-0.15, -0.1) is 0 Å². The molecule has 0 aliphatic carbocycles. The maximum atomic E-state index is 9.83. The van der Waals surface area contributed by atoms with Crippen LogP contribution in [0.15, 0.2) is 23.3 Å². The summed E-state index contributed by atoms with van der Waals surface area (Å²) >= 11 is 0. The van der Waals surface area contributed by atoms with E-state index in [1.54, 1.807) is 31.5 Å². The Morgan fingerprint density at radius 2 is 2.00 bits per heavy atom. The number of hydrazone groups is 1. The van der Waals surface area contributed by atoms with E-state index in [1.807, 2.05) is 0 Å². The lowest BCUT2D eigenvalue weighted by Gasteiger charge is -2.36. The van der Waals surface area contributed by atoms with Gasteiger partial charge in [-0.05, 0) is 51.3 Å². The predicted molar refractivity (Wildman–Crippen MR) is 76.9 cm³/mol. The first-order valence-corrected chi connectivity index (χ1v) is 6.81. The average molecular weight is 262 g/mol. The second-order valence-corrected chi connectivity index (χ2v) is 5.18. The zero-order valence-electron chi connectivity index (χ0n) is 11.8. The number of phenolic OH excluding ortho intramolecular Hbond substituents is 1. The van der Waals surface area contributed by atoms with Gasteiger partial charge in [-0.3, -0.25) is 5.01 Å². The molecule has 1 aliphatic rings. The lowest BCUT2D eigenvalue weighted by molar-refractivity contribution is 0.109. The Morgan fingerprint density at radius 3 is 2.63 bits per heavy atom. The number of hydrogen-bond acceptors (Lipinski definition) is 4. The summed E-state index contributed by atoms with van der Waals surface area (Å²) in [6.07, 6.45) is 5.33. The minimum absolute atomic E-state index is 0.224. The fourth-order valence-electron chi connectivity index (χ4n) is 2.53. The molecule has 4 nitrogen and oxygen atoms in total. The van der Waals surface area contributed by atoms with Gasteiger partial charge in [-0.2, -0.15) is 5.10 Å². The third-order valence-electron chi connectivity index (χ3n) is 3.71. The summed E-state index contributed by atoms with van der Waals surface area (Å²) in [7, 11) is 1.61. The van der Waals surface area contributed by atoms with Crippen molar-refractivity contribution in [3.8, 4) is 11.5 Å². The van der Waals surface area contributed by atoms with Gasteiger partial charge in [0.1, 0.15) is 11.5 Å². The number of nitrogens with zero attached hydrogens (tertiary/aromatic N) is 2. The van der Waals surface area contributed by atoms with Gasteiger partial charge in [0.15, 0.2) is 0 Å². The maximum Gasteiger partial charge on any atom is 0.124 e. The summed E-state index contributed by atoms with van der Waals surface area (Å²) < 4.78 is 5.16. The Labute approximate surface area is 114 Å². The Balaban J connectivity index is 2.17. The molecule has 1 saturated heterocycles. The number of aromatic hydroxyl groups is 1. The van der Waals surface area contributed by atoms with E-state index in [-0.39, 0.29) is 5.75 Å². The quantitative estimate of drug-likeness (QED) is 0.852. The van der Waals surface area contributed by atoms with Crippen LogP contribution in [0, 0.1) is 0 Å². The van der Waals surface area contributed by atoms with Crippen LogP contribution < -0.4 is 4.74 Å². The predicted octanol–water partition coefficient (Wildman–Crippen LogP) is 3.00. The molecule has 2 rings (SSSR count). The van der Waals surface area contributed by atoms with Crippen molar-refractivity contribution < 1.29 is 9.84 Å². The largest absolute Gasteiger partial charge is 0.507 e. The smallest absolute Gasteiger partial charge is 0.124 e. The Bertz CT molecular complexity index is 449. The van der Waals surface area contributed by atoms with Crippen LogP contribution in [0.1, 0.15) is 38.7 Å². The van der Waals surface area contributed by atoms with Crippen molar-refractivity contribution in [1.82, 2.24) is 5.01 Å². The van der Waals surface area contributed by atoms with Crippen molar-refractivity contribution in [2.45, 2.75) is 45.2 Å². The van der Waals surface area contributed by atoms with Crippen LogP contribution >= 0.6 is 0 Å². The van der Waals surface area contributed by atoms with Crippen molar-refractivity contribution in [3.63, 3.8) is 0 Å². The van der Waals surface area contributed by atoms with E-state index in [0.717, 1.165) is 5.75 Å². The Kier molecular flexibility index (Phi) is 4.30. The highest BCUT2D eigenvalue weighted by Crippen LogP contribution is 2.24. The van der Waals surface area contributed by atoms with Crippen molar-refractivity contribution in [2.24, 2.45) is 5.10 Å². The lowest BCUT2D eigenvalue weighted by atomic mass is 10.00. The van der Waals surface area contributed by atoms with Gasteiger partial charge in [0.2, 0.25) is 0 Å². The minimum atomic E-state index is 0.224.